The van der Waals surface area contributed by atoms with Gasteiger partial charge in [-0.1, -0.05) is 0 Å². The molecular weight excluding hydrogens is 320 g/mol. The van der Waals surface area contributed by atoms with Crippen LogP contribution in [0.25, 0.3) is 11.5 Å². The number of carbonyl (C=O) groups is 1. The molecule has 8 heteroatoms. The van der Waals surface area contributed by atoms with Crippen molar-refractivity contribution < 1.29 is 9.21 Å². The van der Waals surface area contributed by atoms with Crippen molar-refractivity contribution in [3.63, 3.8) is 0 Å². The maximum Gasteiger partial charge on any atom is 0.272 e. The summed E-state index contributed by atoms with van der Waals surface area (Å²) in [7, 11) is 1.76. The third-order valence-corrected chi connectivity index (χ3v) is 4.46. The summed E-state index contributed by atoms with van der Waals surface area (Å²) in [5, 5.41) is 12.4. The minimum atomic E-state index is -0.209. The average Bonchev–Trinajstić information content (AvgIpc) is 3.31. The van der Waals surface area contributed by atoms with E-state index in [2.05, 4.69) is 20.3 Å². The summed E-state index contributed by atoms with van der Waals surface area (Å²) in [5.41, 5.74) is 1.37. The first-order valence-electron chi connectivity index (χ1n) is 8.27. The Morgan fingerprint density at radius 2 is 2.00 bits per heavy atom. The second-order valence-corrected chi connectivity index (χ2v) is 6.03. The number of pyridine rings is 1. The van der Waals surface area contributed by atoms with Gasteiger partial charge in [-0.15, -0.1) is 10.2 Å². The molecule has 0 aliphatic carbocycles. The lowest BCUT2D eigenvalue weighted by Gasteiger charge is -2.33. The highest BCUT2D eigenvalue weighted by molar-refractivity contribution is 5.92. The monoisotopic (exact) mass is 338 g/mol. The smallest absolute Gasteiger partial charge is 0.272 e. The average molecular weight is 338 g/mol. The summed E-state index contributed by atoms with van der Waals surface area (Å²) < 4.78 is 7.46. The fourth-order valence-corrected chi connectivity index (χ4v) is 3.14. The zero-order chi connectivity index (χ0) is 17.2. The molecule has 25 heavy (non-hydrogen) atoms. The van der Waals surface area contributed by atoms with Gasteiger partial charge in [-0.25, -0.2) is 0 Å². The minimum Gasteiger partial charge on any atom is -0.418 e. The van der Waals surface area contributed by atoms with Crippen LogP contribution in [0.1, 0.15) is 41.7 Å². The van der Waals surface area contributed by atoms with Crippen molar-refractivity contribution in [3.05, 3.63) is 48.4 Å². The van der Waals surface area contributed by atoms with Crippen LogP contribution in [0.4, 0.5) is 0 Å². The third-order valence-electron chi connectivity index (χ3n) is 4.46. The molecule has 0 bridgehead atoms. The largest absolute Gasteiger partial charge is 0.418 e. The second kappa shape index (κ2) is 6.46. The van der Waals surface area contributed by atoms with E-state index in [1.165, 1.54) is 0 Å². The van der Waals surface area contributed by atoms with Gasteiger partial charge in [0.05, 0.1) is 0 Å². The number of carbonyl (C=O) groups excluding carboxylic acids is 1. The summed E-state index contributed by atoms with van der Waals surface area (Å²) in [5.74, 6) is 0.853. The Morgan fingerprint density at radius 1 is 1.16 bits per heavy atom. The Balaban J connectivity index is 1.63. The molecule has 3 aromatic heterocycles. The highest BCUT2D eigenvalue weighted by Crippen LogP contribution is 2.32. The van der Waals surface area contributed by atoms with Gasteiger partial charge in [-0.05, 0) is 37.5 Å². The normalized spacial score (nSPS) is 17.6. The quantitative estimate of drug-likeness (QED) is 0.727. The number of likely N-dealkylation sites (tertiary alicyclic amines) is 1. The molecule has 128 valence electrons. The van der Waals surface area contributed by atoms with Crippen molar-refractivity contribution in [2.75, 3.05) is 6.54 Å². The van der Waals surface area contributed by atoms with Crippen molar-refractivity contribution >= 4 is 5.91 Å². The van der Waals surface area contributed by atoms with E-state index < -0.39 is 0 Å². The van der Waals surface area contributed by atoms with Gasteiger partial charge in [0, 0.05) is 37.7 Å². The molecule has 8 nitrogen and oxygen atoms in total. The number of aromatic nitrogens is 5. The molecule has 4 rings (SSSR count). The molecule has 0 unspecified atom stereocenters. The molecule has 0 N–H and O–H groups in total. The van der Waals surface area contributed by atoms with Crippen LogP contribution in [0.5, 0.6) is 0 Å². The predicted molar refractivity (Wildman–Crippen MR) is 88.4 cm³/mol. The first kappa shape index (κ1) is 15.5. The van der Waals surface area contributed by atoms with Gasteiger partial charge >= 0.3 is 0 Å². The predicted octanol–water partition coefficient (Wildman–Crippen LogP) is 2.23. The van der Waals surface area contributed by atoms with Crippen LogP contribution in [0.3, 0.4) is 0 Å². The standard InChI is InChI=1S/C17H18N6O2/c1-22-14(7-10-19-22)17(24)23-11-3-2-4-13(23)16-21-20-15(25-16)12-5-8-18-9-6-12/h5-10,13H,2-4,11H2,1H3/t13-/m0/s1. The topological polar surface area (TPSA) is 89.9 Å². The summed E-state index contributed by atoms with van der Waals surface area (Å²) in [6.45, 7) is 0.668. The Bertz CT molecular complexity index is 872. The number of hydrogen-bond acceptors (Lipinski definition) is 6. The van der Waals surface area contributed by atoms with E-state index >= 15 is 0 Å². The van der Waals surface area contributed by atoms with Crippen LogP contribution in [0.15, 0.2) is 41.2 Å². The van der Waals surface area contributed by atoms with Crippen LogP contribution < -0.4 is 0 Å². The molecule has 0 aromatic carbocycles. The maximum absolute atomic E-state index is 12.9. The lowest BCUT2D eigenvalue weighted by molar-refractivity contribution is 0.0561. The second-order valence-electron chi connectivity index (χ2n) is 6.03. The van der Waals surface area contributed by atoms with Gasteiger partial charge in [0.2, 0.25) is 11.8 Å². The minimum absolute atomic E-state index is 0.0617. The maximum atomic E-state index is 12.9. The third kappa shape index (κ3) is 2.90. The lowest BCUT2D eigenvalue weighted by Crippen LogP contribution is -2.39. The van der Waals surface area contributed by atoms with Crippen LogP contribution in [0.2, 0.25) is 0 Å². The van der Waals surface area contributed by atoms with Gasteiger partial charge in [-0.2, -0.15) is 5.10 Å². The van der Waals surface area contributed by atoms with Gasteiger partial charge < -0.3 is 9.32 Å². The fraction of sp³-hybridized carbons (Fsp3) is 0.353. The zero-order valence-electron chi connectivity index (χ0n) is 13.9. The molecule has 3 aromatic rings. The molecular formula is C17H18N6O2. The lowest BCUT2D eigenvalue weighted by atomic mass is 10.0. The van der Waals surface area contributed by atoms with Crippen LogP contribution in [-0.2, 0) is 7.05 Å². The number of amides is 1. The van der Waals surface area contributed by atoms with E-state index in [1.807, 2.05) is 17.0 Å². The highest BCUT2D eigenvalue weighted by atomic mass is 16.4. The number of rotatable bonds is 3. The summed E-state index contributed by atoms with van der Waals surface area (Å²) >= 11 is 0. The van der Waals surface area contributed by atoms with E-state index in [1.54, 1.807) is 36.4 Å². The molecule has 1 aliphatic rings. The van der Waals surface area contributed by atoms with Crippen molar-refractivity contribution in [2.24, 2.45) is 7.05 Å². The summed E-state index contributed by atoms with van der Waals surface area (Å²) in [6, 6.07) is 5.15. The molecule has 1 aliphatic heterocycles. The number of piperidine rings is 1. The molecule has 0 saturated carbocycles. The van der Waals surface area contributed by atoms with Crippen molar-refractivity contribution in [2.45, 2.75) is 25.3 Å². The summed E-state index contributed by atoms with van der Waals surface area (Å²) in [4.78, 5) is 18.7. The van der Waals surface area contributed by atoms with Crippen molar-refractivity contribution in [1.82, 2.24) is 29.9 Å². The Hall–Kier alpha value is -3.03. The highest BCUT2D eigenvalue weighted by Gasteiger charge is 2.33. The van der Waals surface area contributed by atoms with Crippen molar-refractivity contribution in [1.29, 1.82) is 0 Å². The first-order chi connectivity index (χ1) is 12.2. The molecule has 1 saturated heterocycles. The Labute approximate surface area is 144 Å². The fourth-order valence-electron chi connectivity index (χ4n) is 3.14. The van der Waals surface area contributed by atoms with E-state index in [-0.39, 0.29) is 11.9 Å². The molecule has 1 amide bonds. The number of hydrogen-bond donors (Lipinski definition) is 0. The number of nitrogens with zero attached hydrogens (tertiary/aromatic N) is 6. The summed E-state index contributed by atoms with van der Waals surface area (Å²) in [6.07, 6.45) is 7.77. The van der Waals surface area contributed by atoms with E-state index in [4.69, 9.17) is 4.42 Å². The van der Waals surface area contributed by atoms with Crippen LogP contribution in [0, 0.1) is 0 Å². The van der Waals surface area contributed by atoms with Gasteiger partial charge in [0.15, 0.2) is 0 Å². The molecule has 0 radical (unpaired) electrons. The van der Waals surface area contributed by atoms with E-state index in [9.17, 15) is 4.79 Å². The van der Waals surface area contributed by atoms with Gasteiger partial charge in [-0.3, -0.25) is 14.5 Å². The molecule has 1 fully saturated rings. The Kier molecular flexibility index (Phi) is 4.01. The molecule has 1 atom stereocenters. The molecule has 0 spiro atoms. The van der Waals surface area contributed by atoms with Crippen LogP contribution in [-0.4, -0.2) is 42.3 Å². The number of aryl methyl sites for hydroxylation is 1. The zero-order valence-corrected chi connectivity index (χ0v) is 13.9. The van der Waals surface area contributed by atoms with Crippen LogP contribution >= 0.6 is 0 Å². The van der Waals surface area contributed by atoms with Gasteiger partial charge in [0.1, 0.15) is 11.7 Å². The SMILES string of the molecule is Cn1nccc1C(=O)N1CCCC[C@H]1c1nnc(-c2ccncc2)o1. The first-order valence-corrected chi connectivity index (χ1v) is 8.27. The Morgan fingerprint density at radius 3 is 2.76 bits per heavy atom. The van der Waals surface area contributed by atoms with E-state index in [0.29, 0.717) is 24.0 Å². The van der Waals surface area contributed by atoms with Crippen molar-refractivity contribution in [3.8, 4) is 11.5 Å². The van der Waals surface area contributed by atoms with Gasteiger partial charge in [0.25, 0.3) is 5.91 Å². The molecule has 4 heterocycles. The van der Waals surface area contributed by atoms with E-state index in [0.717, 1.165) is 24.8 Å².